The van der Waals surface area contributed by atoms with E-state index in [1.54, 1.807) is 0 Å². The lowest BCUT2D eigenvalue weighted by Gasteiger charge is -2.22. The average Bonchev–Trinajstić information content (AvgIpc) is 3.31. The molecule has 0 fully saturated rings. The number of aromatic amines is 2. The summed E-state index contributed by atoms with van der Waals surface area (Å²) in [4.78, 5) is 38.7. The van der Waals surface area contributed by atoms with Crippen LogP contribution in [0.3, 0.4) is 0 Å². The van der Waals surface area contributed by atoms with Crippen LogP contribution >= 0.6 is 11.3 Å². The normalized spacial score (nSPS) is 16.2. The lowest BCUT2D eigenvalue weighted by Crippen LogP contribution is -2.35. The Morgan fingerprint density at radius 3 is 2.91 bits per heavy atom. The molecule has 1 amide bonds. The summed E-state index contributed by atoms with van der Waals surface area (Å²) in [5, 5.41) is 6.44. The van der Waals surface area contributed by atoms with E-state index in [1.165, 1.54) is 6.33 Å². The van der Waals surface area contributed by atoms with Gasteiger partial charge < -0.3 is 20.6 Å². The van der Waals surface area contributed by atoms with Crippen molar-refractivity contribution in [3.05, 3.63) is 45.5 Å². The molecule has 0 radical (unpaired) electrons. The maximum Gasteiger partial charge on any atom is 0.390 e. The summed E-state index contributed by atoms with van der Waals surface area (Å²) < 4.78 is 38.0. The molecule has 8 nitrogen and oxygen atoms in total. The highest BCUT2D eigenvalue weighted by Crippen LogP contribution is 2.35. The zero-order chi connectivity index (χ0) is 23.2. The van der Waals surface area contributed by atoms with Gasteiger partial charge in [0.2, 0.25) is 5.91 Å². The molecule has 172 valence electrons. The van der Waals surface area contributed by atoms with Gasteiger partial charge >= 0.3 is 11.0 Å². The fourth-order valence-electron chi connectivity index (χ4n) is 4.19. The summed E-state index contributed by atoms with van der Waals surface area (Å²) in [6.45, 7) is -0.427. The number of anilines is 2. The number of carbonyl (C=O) groups is 1. The molecule has 0 saturated heterocycles. The maximum atomic E-state index is 12.5. The molecular formula is C21H19F3N6O2S. The Labute approximate surface area is 188 Å². The van der Waals surface area contributed by atoms with Crippen LogP contribution in [0.4, 0.5) is 24.7 Å². The predicted molar refractivity (Wildman–Crippen MR) is 119 cm³/mol. The van der Waals surface area contributed by atoms with Gasteiger partial charge in [0.05, 0.1) is 22.0 Å². The molecule has 0 aliphatic heterocycles. The highest BCUT2D eigenvalue weighted by Gasteiger charge is 2.31. The van der Waals surface area contributed by atoms with Crippen LogP contribution < -0.4 is 15.5 Å². The average molecular weight is 476 g/mol. The molecule has 1 unspecified atom stereocenters. The van der Waals surface area contributed by atoms with Gasteiger partial charge in [-0.05, 0) is 43.0 Å². The first-order chi connectivity index (χ1) is 15.8. The van der Waals surface area contributed by atoms with Gasteiger partial charge in [0.1, 0.15) is 17.8 Å². The van der Waals surface area contributed by atoms with Crippen molar-refractivity contribution >= 4 is 50.0 Å². The summed E-state index contributed by atoms with van der Waals surface area (Å²) in [5.41, 5.74) is 3.96. The first kappa shape index (κ1) is 21.4. The van der Waals surface area contributed by atoms with Crippen molar-refractivity contribution in [3.8, 4) is 0 Å². The van der Waals surface area contributed by atoms with Gasteiger partial charge in [0, 0.05) is 23.8 Å². The largest absolute Gasteiger partial charge is 0.390 e. The smallest absolute Gasteiger partial charge is 0.356 e. The Balaban J connectivity index is 1.40. The number of H-pyrrole nitrogens is 2. The van der Waals surface area contributed by atoms with E-state index in [4.69, 9.17) is 0 Å². The number of aryl methyl sites for hydroxylation is 1. The number of alkyl halides is 3. The second-order valence-corrected chi connectivity index (χ2v) is 8.99. The molecule has 5 rings (SSSR count). The molecule has 3 aromatic heterocycles. The minimum Gasteiger partial charge on any atom is -0.356 e. The van der Waals surface area contributed by atoms with Crippen molar-refractivity contribution in [2.24, 2.45) is 5.92 Å². The van der Waals surface area contributed by atoms with Crippen LogP contribution in [-0.4, -0.2) is 38.6 Å². The molecule has 12 heteroatoms. The summed E-state index contributed by atoms with van der Waals surface area (Å²) in [6.07, 6.45) is -2.41. The predicted octanol–water partition coefficient (Wildman–Crippen LogP) is 3.78. The fourth-order valence-corrected chi connectivity index (χ4v) is 4.97. The first-order valence-electron chi connectivity index (χ1n) is 10.4. The molecule has 1 aliphatic rings. The Bertz CT molecular complexity index is 1410. The molecule has 0 saturated carbocycles. The van der Waals surface area contributed by atoms with E-state index in [2.05, 4.69) is 30.6 Å². The SMILES string of the molecule is O=C(NCCC(F)(F)F)C1CCc2[nH]c3ncnc(Nc4ccc5[nH]c(=O)sc5c4)c3c2C1. The molecule has 3 heterocycles. The molecule has 1 aliphatic carbocycles. The second-order valence-electron chi connectivity index (χ2n) is 7.97. The van der Waals surface area contributed by atoms with E-state index in [0.717, 1.165) is 43.9 Å². The van der Waals surface area contributed by atoms with Crippen molar-refractivity contribution in [1.82, 2.24) is 25.3 Å². The number of halogens is 3. The summed E-state index contributed by atoms with van der Waals surface area (Å²) in [7, 11) is 0. The molecule has 4 N–H and O–H groups in total. The lowest BCUT2D eigenvalue weighted by molar-refractivity contribution is -0.136. The van der Waals surface area contributed by atoms with Crippen LogP contribution in [0.5, 0.6) is 0 Å². The number of thiazole rings is 1. The van der Waals surface area contributed by atoms with Gasteiger partial charge in [-0.25, -0.2) is 9.97 Å². The molecule has 0 spiro atoms. The quantitative estimate of drug-likeness (QED) is 0.350. The van der Waals surface area contributed by atoms with E-state index in [-0.39, 0.29) is 10.8 Å². The summed E-state index contributed by atoms with van der Waals surface area (Å²) >= 11 is 1.11. The minimum absolute atomic E-state index is 0.133. The van der Waals surface area contributed by atoms with Gasteiger partial charge in [-0.2, -0.15) is 13.2 Å². The van der Waals surface area contributed by atoms with Crippen molar-refractivity contribution in [3.63, 3.8) is 0 Å². The Morgan fingerprint density at radius 2 is 2.09 bits per heavy atom. The first-order valence-corrected chi connectivity index (χ1v) is 11.2. The minimum atomic E-state index is -4.30. The highest BCUT2D eigenvalue weighted by atomic mass is 32.1. The molecule has 4 aromatic rings. The summed E-state index contributed by atoms with van der Waals surface area (Å²) in [6, 6.07) is 5.48. The van der Waals surface area contributed by atoms with Crippen molar-refractivity contribution in [2.75, 3.05) is 11.9 Å². The van der Waals surface area contributed by atoms with Crippen molar-refractivity contribution in [2.45, 2.75) is 31.9 Å². The van der Waals surface area contributed by atoms with E-state index in [9.17, 15) is 22.8 Å². The number of carbonyl (C=O) groups excluding carboxylic acids is 1. The van der Waals surface area contributed by atoms with Gasteiger partial charge in [-0.3, -0.25) is 9.59 Å². The fraction of sp³-hybridized carbons (Fsp3) is 0.333. The molecule has 33 heavy (non-hydrogen) atoms. The number of hydrogen-bond acceptors (Lipinski definition) is 6. The van der Waals surface area contributed by atoms with Crippen LogP contribution in [0.2, 0.25) is 0 Å². The standard InChI is InChI=1S/C21H19F3N6O2S/c22-21(23,24)5-6-25-19(31)10-1-3-13-12(7-10)16-17(26-9-27-18(16)29-13)28-11-2-4-14-15(8-11)33-20(32)30-14/h2,4,8-10H,1,3,5-7H2,(H,25,31)(H,30,32)(H2,26,27,28,29). The molecule has 0 bridgehead atoms. The number of amides is 1. The van der Waals surface area contributed by atoms with E-state index in [1.807, 2.05) is 18.2 Å². The second kappa shape index (κ2) is 8.18. The molecule has 1 aromatic carbocycles. The van der Waals surface area contributed by atoms with Crippen molar-refractivity contribution < 1.29 is 18.0 Å². The number of nitrogens with zero attached hydrogens (tertiary/aromatic N) is 2. The van der Waals surface area contributed by atoms with Gasteiger partial charge in [-0.15, -0.1) is 0 Å². The third-order valence-corrected chi connectivity index (χ3v) is 6.58. The third kappa shape index (κ3) is 4.42. The lowest BCUT2D eigenvalue weighted by atomic mass is 9.86. The van der Waals surface area contributed by atoms with Crippen LogP contribution in [0.25, 0.3) is 21.3 Å². The highest BCUT2D eigenvalue weighted by molar-refractivity contribution is 7.16. The van der Waals surface area contributed by atoms with Gasteiger partial charge in [-0.1, -0.05) is 11.3 Å². The Kier molecular flexibility index (Phi) is 5.31. The number of benzene rings is 1. The van der Waals surface area contributed by atoms with Crippen LogP contribution in [0.15, 0.2) is 29.3 Å². The van der Waals surface area contributed by atoms with Gasteiger partial charge in [0.25, 0.3) is 0 Å². The molecular weight excluding hydrogens is 457 g/mol. The van der Waals surface area contributed by atoms with E-state index >= 15 is 0 Å². The van der Waals surface area contributed by atoms with Crippen LogP contribution in [-0.2, 0) is 17.6 Å². The number of hydrogen-bond donors (Lipinski definition) is 4. The zero-order valence-electron chi connectivity index (χ0n) is 17.2. The van der Waals surface area contributed by atoms with E-state index in [0.29, 0.717) is 30.7 Å². The van der Waals surface area contributed by atoms with Gasteiger partial charge in [0.15, 0.2) is 0 Å². The van der Waals surface area contributed by atoms with Crippen molar-refractivity contribution in [1.29, 1.82) is 0 Å². The monoisotopic (exact) mass is 476 g/mol. The Hall–Kier alpha value is -3.41. The third-order valence-electron chi connectivity index (χ3n) is 5.74. The van der Waals surface area contributed by atoms with Crippen LogP contribution in [0, 0.1) is 5.92 Å². The number of fused-ring (bicyclic) bond motifs is 4. The summed E-state index contributed by atoms with van der Waals surface area (Å²) in [5.74, 6) is -0.248. The maximum absolute atomic E-state index is 12.5. The topological polar surface area (TPSA) is 116 Å². The molecule has 1 atom stereocenters. The van der Waals surface area contributed by atoms with E-state index < -0.39 is 25.1 Å². The zero-order valence-corrected chi connectivity index (χ0v) is 18.0. The number of rotatable bonds is 5. The van der Waals surface area contributed by atoms with Crippen LogP contribution in [0.1, 0.15) is 24.1 Å². The number of nitrogens with one attached hydrogen (secondary N) is 4. The number of aromatic nitrogens is 4. The Morgan fingerprint density at radius 1 is 1.24 bits per heavy atom.